The molecule has 2 heterocycles. The van der Waals surface area contributed by atoms with Crippen molar-refractivity contribution in [3.05, 3.63) is 59.5 Å². The monoisotopic (exact) mass is 340 g/mol. The van der Waals surface area contributed by atoms with E-state index in [1.54, 1.807) is 17.8 Å². The second-order valence-corrected chi connectivity index (χ2v) is 7.49. The van der Waals surface area contributed by atoms with Crippen LogP contribution < -0.4 is 5.32 Å². The Balaban J connectivity index is 1.74. The average Bonchev–Trinajstić information content (AvgIpc) is 2.91. The van der Waals surface area contributed by atoms with E-state index in [1.165, 1.54) is 29.4 Å². The second kappa shape index (κ2) is 6.61. The van der Waals surface area contributed by atoms with Gasteiger partial charge in [0.15, 0.2) is 0 Å². The minimum atomic E-state index is -0.185. The van der Waals surface area contributed by atoms with Crippen LogP contribution in [0.25, 0.3) is 10.9 Å². The van der Waals surface area contributed by atoms with E-state index in [0.29, 0.717) is 5.92 Å². The highest BCUT2D eigenvalue weighted by Crippen LogP contribution is 2.41. The molecule has 2 nitrogen and oxygen atoms in total. The average molecular weight is 340 g/mol. The predicted molar refractivity (Wildman–Crippen MR) is 98.4 cm³/mol. The maximum atomic E-state index is 13.7. The summed E-state index contributed by atoms with van der Waals surface area (Å²) in [4.78, 5) is 5.80. The summed E-state index contributed by atoms with van der Waals surface area (Å²) in [5, 5.41) is 4.41. The molecule has 1 aromatic heterocycles. The van der Waals surface area contributed by atoms with E-state index in [9.17, 15) is 4.39 Å². The van der Waals surface area contributed by atoms with Gasteiger partial charge in [0, 0.05) is 26.4 Å². The fraction of sp³-hybridized carbons (Fsp3) is 0.300. The number of fused-ring (bicyclic) bond motifs is 1. The first kappa shape index (κ1) is 15.7. The molecular formula is C20H21FN2S. The zero-order chi connectivity index (χ0) is 16.5. The summed E-state index contributed by atoms with van der Waals surface area (Å²) in [7, 11) is 0. The number of rotatable bonds is 3. The van der Waals surface area contributed by atoms with E-state index in [-0.39, 0.29) is 5.82 Å². The molecule has 4 rings (SSSR count). The summed E-state index contributed by atoms with van der Waals surface area (Å²) in [6.07, 6.45) is 2.36. The third-order valence-electron chi connectivity index (χ3n) is 4.80. The minimum Gasteiger partial charge on any atom is -0.358 e. The lowest BCUT2D eigenvalue weighted by Gasteiger charge is -2.25. The van der Waals surface area contributed by atoms with Gasteiger partial charge in [-0.05, 0) is 68.6 Å². The summed E-state index contributed by atoms with van der Waals surface area (Å²) in [5.74, 6) is 0.423. The summed E-state index contributed by atoms with van der Waals surface area (Å²) in [5.41, 5.74) is 3.52. The first-order chi connectivity index (χ1) is 11.7. The highest BCUT2D eigenvalue weighted by Gasteiger charge is 2.20. The Kier molecular flexibility index (Phi) is 4.33. The van der Waals surface area contributed by atoms with Crippen molar-refractivity contribution in [1.82, 2.24) is 10.3 Å². The SMILES string of the molecule is Cc1[nH]c2ccc(F)cc2c1Sc1ccccc1C1CCNCC1. The topological polar surface area (TPSA) is 27.8 Å². The number of aromatic amines is 1. The molecule has 0 saturated carbocycles. The number of nitrogens with one attached hydrogen (secondary N) is 2. The molecule has 24 heavy (non-hydrogen) atoms. The molecule has 2 aromatic carbocycles. The smallest absolute Gasteiger partial charge is 0.123 e. The van der Waals surface area contributed by atoms with Crippen molar-refractivity contribution >= 4 is 22.7 Å². The van der Waals surface area contributed by atoms with Crippen LogP contribution in [-0.4, -0.2) is 18.1 Å². The van der Waals surface area contributed by atoms with E-state index in [0.717, 1.165) is 34.6 Å². The lowest BCUT2D eigenvalue weighted by Crippen LogP contribution is -2.26. The molecule has 0 radical (unpaired) electrons. The number of piperidine rings is 1. The van der Waals surface area contributed by atoms with Crippen molar-refractivity contribution in [2.45, 2.75) is 35.5 Å². The third-order valence-corrected chi connectivity index (χ3v) is 6.12. The van der Waals surface area contributed by atoms with Crippen molar-refractivity contribution in [1.29, 1.82) is 0 Å². The minimum absolute atomic E-state index is 0.185. The van der Waals surface area contributed by atoms with Crippen LogP contribution in [0.2, 0.25) is 0 Å². The molecular weight excluding hydrogens is 319 g/mol. The number of hydrogen-bond acceptors (Lipinski definition) is 2. The first-order valence-corrected chi connectivity index (χ1v) is 9.29. The molecule has 0 spiro atoms. The van der Waals surface area contributed by atoms with Gasteiger partial charge >= 0.3 is 0 Å². The molecule has 1 aliphatic rings. The van der Waals surface area contributed by atoms with Crippen molar-refractivity contribution < 1.29 is 4.39 Å². The second-order valence-electron chi connectivity index (χ2n) is 6.43. The zero-order valence-corrected chi connectivity index (χ0v) is 14.5. The molecule has 2 N–H and O–H groups in total. The van der Waals surface area contributed by atoms with Gasteiger partial charge in [-0.3, -0.25) is 0 Å². The van der Waals surface area contributed by atoms with Gasteiger partial charge in [0.2, 0.25) is 0 Å². The molecule has 0 amide bonds. The van der Waals surface area contributed by atoms with E-state index in [4.69, 9.17) is 0 Å². The van der Waals surface area contributed by atoms with Crippen LogP contribution in [0.3, 0.4) is 0 Å². The van der Waals surface area contributed by atoms with Gasteiger partial charge in [0.05, 0.1) is 0 Å². The van der Waals surface area contributed by atoms with Crippen LogP contribution in [0.5, 0.6) is 0 Å². The van der Waals surface area contributed by atoms with Gasteiger partial charge in [-0.25, -0.2) is 4.39 Å². The van der Waals surface area contributed by atoms with Gasteiger partial charge in [0.1, 0.15) is 5.82 Å². The lowest BCUT2D eigenvalue weighted by molar-refractivity contribution is 0.456. The molecule has 0 atom stereocenters. The maximum absolute atomic E-state index is 13.7. The summed E-state index contributed by atoms with van der Waals surface area (Å²) in [6, 6.07) is 13.6. The zero-order valence-electron chi connectivity index (χ0n) is 13.7. The Hall–Kier alpha value is -1.78. The quantitative estimate of drug-likeness (QED) is 0.683. The van der Waals surface area contributed by atoms with Crippen LogP contribution in [-0.2, 0) is 0 Å². The van der Waals surface area contributed by atoms with Crippen LogP contribution in [0.4, 0.5) is 4.39 Å². The fourth-order valence-corrected chi connectivity index (χ4v) is 4.76. The highest BCUT2D eigenvalue weighted by atomic mass is 32.2. The van der Waals surface area contributed by atoms with E-state index in [2.05, 4.69) is 41.5 Å². The van der Waals surface area contributed by atoms with E-state index >= 15 is 0 Å². The van der Waals surface area contributed by atoms with Gasteiger partial charge in [-0.2, -0.15) is 0 Å². The van der Waals surface area contributed by atoms with Gasteiger partial charge < -0.3 is 10.3 Å². The van der Waals surface area contributed by atoms with Gasteiger partial charge in [-0.15, -0.1) is 0 Å². The third kappa shape index (κ3) is 2.96. The van der Waals surface area contributed by atoms with E-state index in [1.807, 2.05) is 6.07 Å². The number of halogens is 1. The summed E-state index contributed by atoms with van der Waals surface area (Å²) < 4.78 is 13.7. The Morgan fingerprint density at radius 2 is 1.88 bits per heavy atom. The Morgan fingerprint density at radius 1 is 1.08 bits per heavy atom. The summed E-state index contributed by atoms with van der Waals surface area (Å²) in [6.45, 7) is 4.23. The maximum Gasteiger partial charge on any atom is 0.123 e. The molecule has 1 fully saturated rings. The van der Waals surface area contributed by atoms with Crippen LogP contribution >= 0.6 is 11.8 Å². The molecule has 0 aliphatic carbocycles. The van der Waals surface area contributed by atoms with E-state index < -0.39 is 0 Å². The molecule has 0 bridgehead atoms. The van der Waals surface area contributed by atoms with Crippen LogP contribution in [0.15, 0.2) is 52.3 Å². The Labute approximate surface area is 145 Å². The number of aromatic nitrogens is 1. The molecule has 1 aliphatic heterocycles. The lowest BCUT2D eigenvalue weighted by atomic mass is 9.90. The Morgan fingerprint density at radius 3 is 2.71 bits per heavy atom. The van der Waals surface area contributed by atoms with Crippen molar-refractivity contribution in [3.8, 4) is 0 Å². The van der Waals surface area contributed by atoms with Gasteiger partial charge in [-0.1, -0.05) is 30.0 Å². The summed E-state index contributed by atoms with van der Waals surface area (Å²) >= 11 is 1.76. The van der Waals surface area contributed by atoms with Crippen molar-refractivity contribution in [3.63, 3.8) is 0 Å². The first-order valence-electron chi connectivity index (χ1n) is 8.47. The highest BCUT2D eigenvalue weighted by molar-refractivity contribution is 7.99. The molecule has 1 saturated heterocycles. The molecule has 3 aromatic rings. The van der Waals surface area contributed by atoms with Crippen LogP contribution in [0, 0.1) is 12.7 Å². The fourth-order valence-electron chi connectivity index (χ4n) is 3.56. The normalized spacial score (nSPS) is 15.9. The number of hydrogen-bond donors (Lipinski definition) is 2. The number of H-pyrrole nitrogens is 1. The van der Waals surface area contributed by atoms with Crippen LogP contribution in [0.1, 0.15) is 30.0 Å². The molecule has 4 heteroatoms. The predicted octanol–water partition coefficient (Wildman–Crippen LogP) is 5.23. The largest absolute Gasteiger partial charge is 0.358 e. The van der Waals surface area contributed by atoms with Crippen molar-refractivity contribution in [2.75, 3.05) is 13.1 Å². The number of aryl methyl sites for hydroxylation is 1. The van der Waals surface area contributed by atoms with Gasteiger partial charge in [0.25, 0.3) is 0 Å². The number of benzene rings is 2. The molecule has 0 unspecified atom stereocenters. The Bertz CT molecular complexity index is 865. The molecule has 124 valence electrons. The standard InChI is InChI=1S/C20H21FN2S/c1-13-20(17-12-15(21)6-7-18(17)23-13)24-19-5-3-2-4-16(19)14-8-10-22-11-9-14/h2-7,12,14,22-23H,8-11H2,1H3. The van der Waals surface area contributed by atoms with Crippen molar-refractivity contribution in [2.24, 2.45) is 0 Å².